The summed E-state index contributed by atoms with van der Waals surface area (Å²) >= 11 is 0. The molecule has 2 atom stereocenters. The van der Waals surface area contributed by atoms with Gasteiger partial charge in [-0.1, -0.05) is 61.9 Å². The number of hydrogen-bond donors (Lipinski definition) is 1. The number of aryl methyl sites for hydroxylation is 1. The summed E-state index contributed by atoms with van der Waals surface area (Å²) < 4.78 is 0. The minimum atomic E-state index is -0.165. The van der Waals surface area contributed by atoms with Gasteiger partial charge in [0.1, 0.15) is 6.04 Å². The zero-order chi connectivity index (χ0) is 16.4. The van der Waals surface area contributed by atoms with Crippen molar-refractivity contribution in [2.45, 2.75) is 32.7 Å². The molecule has 3 nitrogen and oxygen atoms in total. The van der Waals surface area contributed by atoms with Crippen LogP contribution in [0.15, 0.2) is 48.5 Å². The second-order valence-corrected chi connectivity index (χ2v) is 6.13. The molecule has 2 aromatic carbocycles. The molecule has 120 valence electrons. The molecule has 1 N–H and O–H groups in total. The van der Waals surface area contributed by atoms with E-state index in [1.54, 1.807) is 0 Å². The van der Waals surface area contributed by atoms with Crippen LogP contribution in [0.5, 0.6) is 0 Å². The first-order valence-electron chi connectivity index (χ1n) is 8.36. The second kappa shape index (κ2) is 6.55. The average molecular weight is 308 g/mol. The van der Waals surface area contributed by atoms with Crippen molar-refractivity contribution in [1.29, 1.82) is 0 Å². The van der Waals surface area contributed by atoms with E-state index in [0.717, 1.165) is 18.8 Å². The highest BCUT2D eigenvalue weighted by molar-refractivity contribution is 5.99. The number of fused-ring (bicyclic) bond motifs is 1. The smallest absolute Gasteiger partial charge is 0.242 e. The first kappa shape index (κ1) is 15.8. The van der Waals surface area contributed by atoms with Crippen LogP contribution in [-0.4, -0.2) is 29.9 Å². The van der Waals surface area contributed by atoms with Crippen molar-refractivity contribution in [2.75, 3.05) is 18.4 Å². The highest BCUT2D eigenvalue weighted by Gasteiger charge is 2.39. The lowest BCUT2D eigenvalue weighted by atomic mass is 9.80. The normalized spacial score (nSPS) is 20.3. The Morgan fingerprint density at radius 1 is 1.04 bits per heavy atom. The third-order valence-electron chi connectivity index (χ3n) is 4.75. The zero-order valence-electron chi connectivity index (χ0n) is 14.0. The topological polar surface area (TPSA) is 32.3 Å². The van der Waals surface area contributed by atoms with Gasteiger partial charge in [0.15, 0.2) is 0 Å². The number of carbonyl (C=O) groups excluding carboxylic acids is 1. The molecule has 1 heterocycles. The minimum Gasteiger partial charge on any atom is -0.324 e. The quantitative estimate of drug-likeness (QED) is 0.932. The van der Waals surface area contributed by atoms with Gasteiger partial charge in [0, 0.05) is 11.6 Å². The molecule has 0 unspecified atom stereocenters. The van der Waals surface area contributed by atoms with E-state index in [1.165, 1.54) is 16.7 Å². The predicted molar refractivity (Wildman–Crippen MR) is 94.8 cm³/mol. The zero-order valence-corrected chi connectivity index (χ0v) is 14.0. The molecule has 0 saturated carbocycles. The summed E-state index contributed by atoms with van der Waals surface area (Å²) in [5.74, 6) is 0.165. The van der Waals surface area contributed by atoms with E-state index in [-0.39, 0.29) is 17.9 Å². The fraction of sp³-hybridized carbons (Fsp3) is 0.350. The standard InChI is InChI=1S/C20H24N2O/c1-4-22(5-2)19-18(15-9-7-6-8-10-15)16-13-14(3)11-12-17(16)21-20(19)23/h6-13,18-19H,4-5H2,1-3H3,(H,21,23)/t18-,19+/m0/s1. The van der Waals surface area contributed by atoms with Crippen LogP contribution in [0.1, 0.15) is 36.5 Å². The highest BCUT2D eigenvalue weighted by atomic mass is 16.2. The number of amides is 1. The molecular weight excluding hydrogens is 284 g/mol. The van der Waals surface area contributed by atoms with Crippen LogP contribution in [0.3, 0.4) is 0 Å². The number of rotatable bonds is 4. The molecule has 23 heavy (non-hydrogen) atoms. The Balaban J connectivity index is 2.17. The largest absolute Gasteiger partial charge is 0.324 e. The van der Waals surface area contributed by atoms with E-state index in [4.69, 9.17) is 0 Å². The number of anilines is 1. The summed E-state index contributed by atoms with van der Waals surface area (Å²) in [5.41, 5.74) is 4.58. The molecule has 1 aliphatic rings. The van der Waals surface area contributed by atoms with Gasteiger partial charge < -0.3 is 5.32 Å². The molecule has 0 aliphatic carbocycles. The average Bonchev–Trinajstić information content (AvgIpc) is 2.57. The van der Waals surface area contributed by atoms with E-state index in [9.17, 15) is 4.79 Å². The summed E-state index contributed by atoms with van der Waals surface area (Å²) in [7, 11) is 0. The summed E-state index contributed by atoms with van der Waals surface area (Å²) in [6.45, 7) is 8.05. The Kier molecular flexibility index (Phi) is 4.49. The van der Waals surface area contributed by atoms with Gasteiger partial charge in [0.05, 0.1) is 0 Å². The Morgan fingerprint density at radius 3 is 2.39 bits per heavy atom. The molecule has 2 aromatic rings. The number of hydrogen-bond acceptors (Lipinski definition) is 2. The van der Waals surface area contributed by atoms with Gasteiger partial charge >= 0.3 is 0 Å². The van der Waals surface area contributed by atoms with Crippen molar-refractivity contribution in [3.63, 3.8) is 0 Å². The fourth-order valence-electron chi connectivity index (χ4n) is 3.60. The van der Waals surface area contributed by atoms with Crippen LogP contribution in [0, 0.1) is 6.92 Å². The van der Waals surface area contributed by atoms with Crippen LogP contribution in [0.25, 0.3) is 0 Å². The van der Waals surface area contributed by atoms with Gasteiger partial charge in [-0.15, -0.1) is 0 Å². The van der Waals surface area contributed by atoms with Crippen molar-refractivity contribution in [2.24, 2.45) is 0 Å². The van der Waals surface area contributed by atoms with E-state index in [1.807, 2.05) is 12.1 Å². The number of nitrogens with one attached hydrogen (secondary N) is 1. The van der Waals surface area contributed by atoms with Crippen LogP contribution < -0.4 is 5.32 Å². The number of likely N-dealkylation sites (N-methyl/N-ethyl adjacent to an activating group) is 1. The van der Waals surface area contributed by atoms with Crippen molar-refractivity contribution < 1.29 is 4.79 Å². The predicted octanol–water partition coefficient (Wildman–Crippen LogP) is 3.79. The van der Waals surface area contributed by atoms with Gasteiger partial charge in [0.25, 0.3) is 0 Å². The second-order valence-electron chi connectivity index (χ2n) is 6.13. The monoisotopic (exact) mass is 308 g/mol. The summed E-state index contributed by atoms with van der Waals surface area (Å²) in [6.07, 6.45) is 0. The molecule has 0 spiro atoms. The Bertz CT molecular complexity index is 692. The van der Waals surface area contributed by atoms with Gasteiger partial charge in [-0.3, -0.25) is 9.69 Å². The maximum atomic E-state index is 12.8. The van der Waals surface area contributed by atoms with Crippen molar-refractivity contribution >= 4 is 11.6 Å². The molecule has 0 saturated heterocycles. The first-order chi connectivity index (χ1) is 11.2. The third kappa shape index (κ3) is 2.89. The Labute approximate surface area is 138 Å². The lowest BCUT2D eigenvalue weighted by Gasteiger charge is -2.39. The van der Waals surface area contributed by atoms with Crippen molar-refractivity contribution in [1.82, 2.24) is 4.90 Å². The lowest BCUT2D eigenvalue weighted by molar-refractivity contribution is -0.122. The summed E-state index contributed by atoms with van der Waals surface area (Å²) in [6, 6.07) is 16.5. The molecule has 0 radical (unpaired) electrons. The number of carbonyl (C=O) groups is 1. The molecular formula is C20H24N2O. The van der Waals surface area contributed by atoms with Gasteiger partial charge in [-0.05, 0) is 37.2 Å². The molecule has 1 aliphatic heterocycles. The van der Waals surface area contributed by atoms with Gasteiger partial charge in [-0.25, -0.2) is 0 Å². The Hall–Kier alpha value is -2.13. The number of benzene rings is 2. The molecule has 0 fully saturated rings. The maximum absolute atomic E-state index is 12.8. The van der Waals surface area contributed by atoms with Gasteiger partial charge in [0.2, 0.25) is 5.91 Å². The van der Waals surface area contributed by atoms with E-state index in [0.29, 0.717) is 0 Å². The molecule has 0 aromatic heterocycles. The molecule has 0 bridgehead atoms. The number of nitrogens with zero attached hydrogens (tertiary/aromatic N) is 1. The van der Waals surface area contributed by atoms with Crippen LogP contribution in [0.4, 0.5) is 5.69 Å². The maximum Gasteiger partial charge on any atom is 0.242 e. The minimum absolute atomic E-state index is 0.0692. The van der Waals surface area contributed by atoms with Crippen LogP contribution >= 0.6 is 0 Å². The molecule has 3 heteroatoms. The first-order valence-corrected chi connectivity index (χ1v) is 8.36. The van der Waals surface area contributed by atoms with Crippen molar-refractivity contribution in [3.8, 4) is 0 Å². The summed E-state index contributed by atoms with van der Waals surface area (Å²) in [4.78, 5) is 15.1. The SMILES string of the molecule is CCN(CC)[C@H]1C(=O)Nc2ccc(C)cc2[C@@H]1c1ccccc1. The molecule has 1 amide bonds. The van der Waals surface area contributed by atoms with E-state index >= 15 is 0 Å². The van der Waals surface area contributed by atoms with E-state index in [2.05, 4.69) is 67.4 Å². The van der Waals surface area contributed by atoms with E-state index < -0.39 is 0 Å². The highest BCUT2D eigenvalue weighted by Crippen LogP contribution is 2.39. The van der Waals surface area contributed by atoms with Crippen LogP contribution in [0.2, 0.25) is 0 Å². The Morgan fingerprint density at radius 2 is 1.74 bits per heavy atom. The summed E-state index contributed by atoms with van der Waals surface area (Å²) in [5, 5.41) is 3.11. The molecule has 3 rings (SSSR count). The van der Waals surface area contributed by atoms with Crippen LogP contribution in [-0.2, 0) is 4.79 Å². The van der Waals surface area contributed by atoms with Gasteiger partial charge in [-0.2, -0.15) is 0 Å². The fourth-order valence-corrected chi connectivity index (χ4v) is 3.60. The van der Waals surface area contributed by atoms with Crippen molar-refractivity contribution in [3.05, 3.63) is 65.2 Å². The lowest BCUT2D eigenvalue weighted by Crippen LogP contribution is -2.50. The third-order valence-corrected chi connectivity index (χ3v) is 4.75.